The molecule has 4 nitrogen and oxygen atoms in total. The Hall–Kier alpha value is -2.10. The topological polar surface area (TPSA) is 44.1 Å². The fourth-order valence-corrected chi connectivity index (χ4v) is 2.21. The molecule has 1 aromatic heterocycles. The van der Waals surface area contributed by atoms with E-state index in [-0.39, 0.29) is 0 Å². The molecular weight excluding hydrogens is 228 g/mol. The number of rotatable bonds is 4. The van der Waals surface area contributed by atoms with Crippen LogP contribution in [0.5, 0.6) is 5.75 Å². The molecule has 0 spiro atoms. The number of imidazole rings is 1. The summed E-state index contributed by atoms with van der Waals surface area (Å²) in [6.07, 6.45) is 6.17. The van der Waals surface area contributed by atoms with Crippen LogP contribution in [-0.4, -0.2) is 22.4 Å². The van der Waals surface area contributed by atoms with Crippen LogP contribution in [0.1, 0.15) is 21.6 Å². The number of nitrogens with zero attached hydrogens (tertiary/aromatic N) is 2. The monoisotopic (exact) mass is 242 g/mol. The molecule has 3 rings (SSSR count). The maximum Gasteiger partial charge on any atom is 0.169 e. The van der Waals surface area contributed by atoms with Crippen LogP contribution < -0.4 is 4.74 Å². The molecule has 0 saturated heterocycles. The van der Waals surface area contributed by atoms with Gasteiger partial charge in [0.1, 0.15) is 11.4 Å². The lowest BCUT2D eigenvalue weighted by molar-refractivity contribution is 0.111. The van der Waals surface area contributed by atoms with E-state index in [2.05, 4.69) is 17.1 Å². The Labute approximate surface area is 105 Å². The average Bonchev–Trinajstić information content (AvgIpc) is 3.04. The third kappa shape index (κ3) is 2.14. The molecule has 0 atom stereocenters. The van der Waals surface area contributed by atoms with Crippen LogP contribution in [-0.2, 0) is 19.4 Å². The first-order chi connectivity index (χ1) is 8.85. The van der Waals surface area contributed by atoms with Gasteiger partial charge in [-0.15, -0.1) is 0 Å². The van der Waals surface area contributed by atoms with Gasteiger partial charge in [0.25, 0.3) is 0 Å². The van der Waals surface area contributed by atoms with Crippen LogP contribution in [0.3, 0.4) is 0 Å². The maximum atomic E-state index is 10.5. The van der Waals surface area contributed by atoms with Gasteiger partial charge < -0.3 is 9.30 Å². The molecule has 0 unspecified atom stereocenters. The van der Waals surface area contributed by atoms with Gasteiger partial charge in [-0.25, -0.2) is 4.98 Å². The molecule has 0 N–H and O–H groups in total. The molecule has 0 amide bonds. The zero-order valence-corrected chi connectivity index (χ0v) is 10.0. The van der Waals surface area contributed by atoms with E-state index in [4.69, 9.17) is 4.74 Å². The standard InChI is InChI=1S/C14H14N2O2/c17-9-13-8-16(10-15-13)5-3-11-1-2-14-12(7-11)4-6-18-14/h1-2,7-10H,3-6H2. The molecule has 0 saturated carbocycles. The molecule has 1 aliphatic rings. The minimum atomic E-state index is 0.484. The van der Waals surface area contributed by atoms with Gasteiger partial charge in [-0.3, -0.25) is 4.79 Å². The molecule has 18 heavy (non-hydrogen) atoms. The summed E-state index contributed by atoms with van der Waals surface area (Å²) >= 11 is 0. The summed E-state index contributed by atoms with van der Waals surface area (Å²) in [6, 6.07) is 6.35. The first-order valence-corrected chi connectivity index (χ1v) is 6.07. The molecule has 2 heterocycles. The molecule has 2 aromatic rings. The van der Waals surface area contributed by atoms with Crippen LogP contribution >= 0.6 is 0 Å². The second kappa shape index (κ2) is 4.64. The van der Waals surface area contributed by atoms with E-state index in [1.54, 1.807) is 12.5 Å². The van der Waals surface area contributed by atoms with Gasteiger partial charge in [0, 0.05) is 19.2 Å². The maximum absolute atomic E-state index is 10.5. The molecule has 4 heteroatoms. The quantitative estimate of drug-likeness (QED) is 0.769. The molecule has 1 aromatic carbocycles. The molecule has 0 radical (unpaired) electrons. The van der Waals surface area contributed by atoms with Crippen LogP contribution in [0, 0.1) is 0 Å². The van der Waals surface area contributed by atoms with Crippen LogP contribution in [0.25, 0.3) is 0 Å². The predicted octanol–water partition coefficient (Wildman–Crippen LogP) is 1.87. The lowest BCUT2D eigenvalue weighted by Gasteiger charge is -2.05. The first-order valence-electron chi connectivity index (χ1n) is 6.07. The van der Waals surface area contributed by atoms with E-state index in [1.165, 1.54) is 11.1 Å². The van der Waals surface area contributed by atoms with E-state index >= 15 is 0 Å². The number of aromatic nitrogens is 2. The van der Waals surface area contributed by atoms with E-state index in [1.807, 2.05) is 10.6 Å². The zero-order chi connectivity index (χ0) is 12.4. The van der Waals surface area contributed by atoms with Crippen molar-refractivity contribution in [3.8, 4) is 5.75 Å². The fourth-order valence-electron chi connectivity index (χ4n) is 2.21. The SMILES string of the molecule is O=Cc1cn(CCc2ccc3c(c2)CCO3)cn1. The largest absolute Gasteiger partial charge is 0.493 e. The molecule has 0 aliphatic carbocycles. The summed E-state index contributed by atoms with van der Waals surface area (Å²) in [6.45, 7) is 1.63. The summed E-state index contributed by atoms with van der Waals surface area (Å²) in [7, 11) is 0. The van der Waals surface area contributed by atoms with Crippen molar-refractivity contribution in [3.63, 3.8) is 0 Å². The Morgan fingerprint density at radius 2 is 2.39 bits per heavy atom. The molecule has 0 bridgehead atoms. The Balaban J connectivity index is 1.68. The van der Waals surface area contributed by atoms with Crippen molar-refractivity contribution >= 4 is 6.29 Å². The molecule has 92 valence electrons. The lowest BCUT2D eigenvalue weighted by Crippen LogP contribution is -1.98. The van der Waals surface area contributed by atoms with Crippen LogP contribution in [0.2, 0.25) is 0 Å². The zero-order valence-electron chi connectivity index (χ0n) is 10.0. The van der Waals surface area contributed by atoms with Gasteiger partial charge >= 0.3 is 0 Å². The summed E-state index contributed by atoms with van der Waals surface area (Å²) in [4.78, 5) is 14.5. The predicted molar refractivity (Wildman–Crippen MR) is 67.0 cm³/mol. The highest BCUT2D eigenvalue weighted by molar-refractivity contribution is 5.70. The van der Waals surface area contributed by atoms with E-state index in [0.29, 0.717) is 5.69 Å². The van der Waals surface area contributed by atoms with E-state index in [9.17, 15) is 4.79 Å². The summed E-state index contributed by atoms with van der Waals surface area (Å²) < 4.78 is 7.42. The van der Waals surface area contributed by atoms with Gasteiger partial charge in [-0.05, 0) is 23.6 Å². The summed E-state index contributed by atoms with van der Waals surface area (Å²) in [5.41, 5.74) is 3.07. The minimum absolute atomic E-state index is 0.484. The van der Waals surface area contributed by atoms with Crippen LogP contribution in [0.4, 0.5) is 0 Å². The summed E-state index contributed by atoms with van der Waals surface area (Å²) in [5.74, 6) is 1.02. The smallest absolute Gasteiger partial charge is 0.169 e. The second-order valence-corrected chi connectivity index (χ2v) is 4.44. The van der Waals surface area contributed by atoms with Gasteiger partial charge in [0.2, 0.25) is 0 Å². The first kappa shape index (κ1) is 11.0. The van der Waals surface area contributed by atoms with Crippen molar-refractivity contribution in [1.29, 1.82) is 0 Å². The van der Waals surface area contributed by atoms with Crippen LogP contribution in [0.15, 0.2) is 30.7 Å². The normalized spacial score (nSPS) is 13.1. The van der Waals surface area contributed by atoms with E-state index in [0.717, 1.165) is 38.0 Å². The molecule has 0 fully saturated rings. The van der Waals surface area contributed by atoms with Crippen molar-refractivity contribution in [3.05, 3.63) is 47.5 Å². The van der Waals surface area contributed by atoms with Gasteiger partial charge in [-0.1, -0.05) is 12.1 Å². The second-order valence-electron chi connectivity index (χ2n) is 4.44. The van der Waals surface area contributed by atoms with Gasteiger partial charge in [-0.2, -0.15) is 0 Å². The molecular formula is C14H14N2O2. The van der Waals surface area contributed by atoms with Crippen molar-refractivity contribution in [2.45, 2.75) is 19.4 Å². The third-order valence-electron chi connectivity index (χ3n) is 3.19. The summed E-state index contributed by atoms with van der Waals surface area (Å²) in [5, 5.41) is 0. The van der Waals surface area contributed by atoms with Gasteiger partial charge in [0.05, 0.1) is 12.9 Å². The number of fused-ring (bicyclic) bond motifs is 1. The number of ether oxygens (including phenoxy) is 1. The fraction of sp³-hybridized carbons (Fsp3) is 0.286. The third-order valence-corrected chi connectivity index (χ3v) is 3.19. The molecule has 1 aliphatic heterocycles. The van der Waals surface area contributed by atoms with Crippen molar-refractivity contribution in [2.75, 3.05) is 6.61 Å². The number of benzene rings is 1. The highest BCUT2D eigenvalue weighted by atomic mass is 16.5. The van der Waals surface area contributed by atoms with Gasteiger partial charge in [0.15, 0.2) is 6.29 Å². The Morgan fingerprint density at radius 3 is 3.22 bits per heavy atom. The minimum Gasteiger partial charge on any atom is -0.493 e. The Bertz CT molecular complexity index is 575. The lowest BCUT2D eigenvalue weighted by atomic mass is 10.1. The Morgan fingerprint density at radius 1 is 1.44 bits per heavy atom. The van der Waals surface area contributed by atoms with Crippen molar-refractivity contribution in [1.82, 2.24) is 9.55 Å². The number of hydrogen-bond donors (Lipinski definition) is 0. The Kier molecular flexibility index (Phi) is 2.84. The number of hydrogen-bond acceptors (Lipinski definition) is 3. The number of aryl methyl sites for hydroxylation is 2. The highest BCUT2D eigenvalue weighted by Gasteiger charge is 2.11. The van der Waals surface area contributed by atoms with Crippen molar-refractivity contribution in [2.24, 2.45) is 0 Å². The number of carbonyl (C=O) groups is 1. The average molecular weight is 242 g/mol. The number of aldehydes is 1. The number of carbonyl (C=O) groups excluding carboxylic acids is 1. The van der Waals surface area contributed by atoms with E-state index < -0.39 is 0 Å². The highest BCUT2D eigenvalue weighted by Crippen LogP contribution is 2.26. The van der Waals surface area contributed by atoms with Crippen molar-refractivity contribution < 1.29 is 9.53 Å².